The maximum Gasteiger partial charge on any atom is 0.0255 e. The predicted molar refractivity (Wildman–Crippen MR) is 65.1 cm³/mol. The Morgan fingerprint density at radius 2 is 1.64 bits per heavy atom. The average molecular weight is 193 g/mol. The van der Waals surface area contributed by atoms with Crippen molar-refractivity contribution in [1.82, 2.24) is 0 Å². The van der Waals surface area contributed by atoms with E-state index in [1.807, 2.05) is 18.2 Å². The third-order valence-corrected chi connectivity index (χ3v) is 2.81. The third-order valence-electron chi connectivity index (χ3n) is 2.81. The summed E-state index contributed by atoms with van der Waals surface area (Å²) in [4.78, 5) is 0. The van der Waals surface area contributed by atoms with E-state index in [9.17, 15) is 0 Å². The third kappa shape index (κ3) is 3.51. The molecule has 1 unspecified atom stereocenters. The van der Waals surface area contributed by atoms with E-state index >= 15 is 0 Å². The molecule has 0 fully saturated rings. The number of hydrogen-bond donors (Lipinski definition) is 1. The second kappa shape index (κ2) is 6.61. The molecule has 0 aromatic heterocycles. The lowest BCUT2D eigenvalue weighted by Crippen LogP contribution is -2.46. The summed E-state index contributed by atoms with van der Waals surface area (Å²) in [7, 11) is 0. The van der Waals surface area contributed by atoms with Gasteiger partial charge < -0.3 is 5.73 Å². The topological polar surface area (TPSA) is 26.0 Å². The van der Waals surface area contributed by atoms with Crippen molar-refractivity contribution >= 4 is 0 Å². The minimum Gasteiger partial charge on any atom is -0.324 e. The van der Waals surface area contributed by atoms with Gasteiger partial charge in [0.05, 0.1) is 0 Å². The van der Waals surface area contributed by atoms with Crippen LogP contribution in [0.2, 0.25) is 0 Å². The lowest BCUT2D eigenvalue weighted by atomic mass is 9.76. The summed E-state index contributed by atoms with van der Waals surface area (Å²) < 4.78 is 0. The summed E-state index contributed by atoms with van der Waals surface area (Å²) in [5.41, 5.74) is 6.18. The van der Waals surface area contributed by atoms with Crippen molar-refractivity contribution in [2.45, 2.75) is 38.1 Å². The van der Waals surface area contributed by atoms with Gasteiger partial charge in [-0.05, 0) is 25.2 Å². The lowest BCUT2D eigenvalue weighted by Gasteiger charge is -2.35. The maximum absolute atomic E-state index is 6.37. The highest BCUT2D eigenvalue weighted by molar-refractivity contribution is 5.01. The first-order chi connectivity index (χ1) is 6.64. The number of hydrogen-bond acceptors (Lipinski definition) is 1. The smallest absolute Gasteiger partial charge is 0.0255 e. The van der Waals surface area contributed by atoms with Gasteiger partial charge in [0.25, 0.3) is 0 Å². The molecule has 1 nitrogen and oxygen atoms in total. The molecule has 0 aliphatic rings. The van der Waals surface area contributed by atoms with Gasteiger partial charge in [-0.1, -0.05) is 31.6 Å². The quantitative estimate of drug-likeness (QED) is 0.587. The van der Waals surface area contributed by atoms with Crippen LogP contribution < -0.4 is 5.73 Å². The molecule has 0 radical (unpaired) electrons. The first kappa shape index (κ1) is 13.2. The summed E-state index contributed by atoms with van der Waals surface area (Å²) in [6.45, 7) is 13.5. The largest absolute Gasteiger partial charge is 0.324 e. The molecule has 0 saturated carbocycles. The van der Waals surface area contributed by atoms with Gasteiger partial charge in [-0.2, -0.15) is 0 Å². The summed E-state index contributed by atoms with van der Waals surface area (Å²) in [5.74, 6) is 0.469. The molecule has 0 saturated heterocycles. The van der Waals surface area contributed by atoms with E-state index in [1.54, 1.807) is 0 Å². The van der Waals surface area contributed by atoms with Gasteiger partial charge in [-0.25, -0.2) is 0 Å². The van der Waals surface area contributed by atoms with E-state index < -0.39 is 0 Å². The second-order valence-corrected chi connectivity index (χ2v) is 3.85. The van der Waals surface area contributed by atoms with Gasteiger partial charge in [-0.15, -0.1) is 19.7 Å². The summed E-state index contributed by atoms with van der Waals surface area (Å²) in [6.07, 6.45) is 9.46. The molecule has 0 rings (SSSR count). The fourth-order valence-corrected chi connectivity index (χ4v) is 1.96. The van der Waals surface area contributed by atoms with Crippen molar-refractivity contribution in [3.8, 4) is 0 Å². The van der Waals surface area contributed by atoms with E-state index in [4.69, 9.17) is 5.73 Å². The van der Waals surface area contributed by atoms with Crippen LogP contribution >= 0.6 is 0 Å². The van der Waals surface area contributed by atoms with E-state index in [1.165, 1.54) is 0 Å². The van der Waals surface area contributed by atoms with Crippen LogP contribution in [-0.2, 0) is 0 Å². The number of rotatable bonds is 8. The normalized spacial score (nSPS) is 13.3. The highest BCUT2D eigenvalue weighted by Crippen LogP contribution is 2.29. The van der Waals surface area contributed by atoms with Crippen molar-refractivity contribution in [3.63, 3.8) is 0 Å². The summed E-state index contributed by atoms with van der Waals surface area (Å²) >= 11 is 0. The van der Waals surface area contributed by atoms with Gasteiger partial charge in [-0.3, -0.25) is 0 Å². The Bertz CT molecular complexity index is 183. The molecule has 0 aliphatic heterocycles. The minimum absolute atomic E-state index is 0.188. The van der Waals surface area contributed by atoms with Gasteiger partial charge >= 0.3 is 0 Å². The van der Waals surface area contributed by atoms with E-state index in [2.05, 4.69) is 26.7 Å². The molecule has 0 heterocycles. The zero-order chi connectivity index (χ0) is 11.0. The van der Waals surface area contributed by atoms with Crippen LogP contribution in [0.3, 0.4) is 0 Å². The van der Waals surface area contributed by atoms with Crippen LogP contribution in [0, 0.1) is 5.92 Å². The average Bonchev–Trinajstić information content (AvgIpc) is 2.14. The molecule has 2 N–H and O–H groups in total. The Kier molecular flexibility index (Phi) is 6.22. The highest BCUT2D eigenvalue weighted by atomic mass is 14.8. The van der Waals surface area contributed by atoms with Crippen LogP contribution in [0.25, 0.3) is 0 Å². The Hall–Kier alpha value is -0.820. The number of nitrogens with two attached hydrogens (primary N) is 1. The first-order valence-corrected chi connectivity index (χ1v) is 5.26. The van der Waals surface area contributed by atoms with Crippen molar-refractivity contribution in [2.75, 3.05) is 0 Å². The molecule has 0 amide bonds. The van der Waals surface area contributed by atoms with E-state index in [-0.39, 0.29) is 5.54 Å². The maximum atomic E-state index is 6.37. The van der Waals surface area contributed by atoms with Gasteiger partial charge in [0, 0.05) is 5.54 Å². The fraction of sp³-hybridized carbons (Fsp3) is 0.538. The molecular weight excluding hydrogens is 170 g/mol. The summed E-state index contributed by atoms with van der Waals surface area (Å²) in [5, 5.41) is 0. The van der Waals surface area contributed by atoms with Gasteiger partial charge in [0.1, 0.15) is 0 Å². The lowest BCUT2D eigenvalue weighted by molar-refractivity contribution is 0.267. The molecule has 80 valence electrons. The zero-order valence-electron chi connectivity index (χ0n) is 9.34. The number of allylic oxidation sites excluding steroid dienone is 1. The van der Waals surface area contributed by atoms with Crippen LogP contribution in [-0.4, -0.2) is 5.54 Å². The van der Waals surface area contributed by atoms with Crippen LogP contribution in [0.15, 0.2) is 38.0 Å². The Morgan fingerprint density at radius 1 is 1.14 bits per heavy atom. The Labute approximate surface area is 88.4 Å². The van der Waals surface area contributed by atoms with Crippen LogP contribution in [0.4, 0.5) is 0 Å². The Balaban J connectivity index is 4.62. The second-order valence-electron chi connectivity index (χ2n) is 3.85. The van der Waals surface area contributed by atoms with Gasteiger partial charge in [0.2, 0.25) is 0 Å². The highest BCUT2D eigenvalue weighted by Gasteiger charge is 2.30. The van der Waals surface area contributed by atoms with E-state index in [0.29, 0.717) is 5.92 Å². The van der Waals surface area contributed by atoms with E-state index in [0.717, 1.165) is 25.7 Å². The Morgan fingerprint density at radius 3 is 1.93 bits per heavy atom. The van der Waals surface area contributed by atoms with Crippen LogP contribution in [0.5, 0.6) is 0 Å². The molecule has 0 aromatic rings. The molecular formula is C13H23N. The van der Waals surface area contributed by atoms with Crippen molar-refractivity contribution in [3.05, 3.63) is 38.0 Å². The molecule has 1 atom stereocenters. The first-order valence-electron chi connectivity index (χ1n) is 5.26. The van der Waals surface area contributed by atoms with Crippen LogP contribution in [0.1, 0.15) is 32.6 Å². The minimum atomic E-state index is -0.188. The van der Waals surface area contributed by atoms with Crippen molar-refractivity contribution in [2.24, 2.45) is 11.7 Å². The predicted octanol–water partition coefficient (Wildman–Crippen LogP) is 3.44. The molecule has 1 heteroatoms. The molecule has 14 heavy (non-hydrogen) atoms. The summed E-state index contributed by atoms with van der Waals surface area (Å²) in [6, 6.07) is 0. The molecule has 0 spiro atoms. The molecule has 0 aliphatic carbocycles. The zero-order valence-corrected chi connectivity index (χ0v) is 9.34. The molecule has 0 aromatic carbocycles. The van der Waals surface area contributed by atoms with Crippen molar-refractivity contribution in [1.29, 1.82) is 0 Å². The monoisotopic (exact) mass is 193 g/mol. The SMILES string of the molecule is C=CCC(CC)C(N)(CC=C)CC=C. The molecule has 0 bridgehead atoms. The van der Waals surface area contributed by atoms with Crippen molar-refractivity contribution < 1.29 is 0 Å². The fourth-order valence-electron chi connectivity index (χ4n) is 1.96. The van der Waals surface area contributed by atoms with Gasteiger partial charge in [0.15, 0.2) is 0 Å². The standard InChI is InChI=1S/C13H23N/c1-5-9-12(8-4)13(14,10-6-2)11-7-3/h5-7,12H,1-3,8-11,14H2,4H3.